The summed E-state index contributed by atoms with van der Waals surface area (Å²) >= 11 is 0. The zero-order chi connectivity index (χ0) is 10.6. The third-order valence-corrected chi connectivity index (χ3v) is 1.86. The second-order valence-electron chi connectivity index (χ2n) is 3.03. The topological polar surface area (TPSA) is 32.3 Å². The quantitative estimate of drug-likeness (QED) is 0.775. The van der Waals surface area contributed by atoms with Crippen molar-refractivity contribution in [3.05, 3.63) is 35.4 Å². The van der Waals surface area contributed by atoms with Crippen LogP contribution in [0.5, 0.6) is 0 Å². The van der Waals surface area contributed by atoms with E-state index in [2.05, 4.69) is 5.32 Å². The first-order valence-electron chi connectivity index (χ1n) is 4.48. The van der Waals surface area contributed by atoms with Crippen LogP contribution in [0.1, 0.15) is 18.6 Å². The van der Waals surface area contributed by atoms with Crippen molar-refractivity contribution in [2.45, 2.75) is 13.0 Å². The highest BCUT2D eigenvalue weighted by molar-refractivity contribution is 5.20. The number of aliphatic hydroxyl groups excluding tert-OH is 1. The van der Waals surface area contributed by atoms with Crippen LogP contribution in [0.25, 0.3) is 0 Å². The lowest BCUT2D eigenvalue weighted by molar-refractivity contribution is 0.174. The standard InChI is InChI=1S/C10H13F2NO/c1-2-13-6-10(14)7-3-8(11)5-9(12)4-7/h3-5,10,13-14H,2,6H2,1H3. The van der Waals surface area contributed by atoms with Crippen molar-refractivity contribution in [3.8, 4) is 0 Å². The van der Waals surface area contributed by atoms with Crippen molar-refractivity contribution in [2.75, 3.05) is 13.1 Å². The molecule has 0 fully saturated rings. The molecule has 1 unspecified atom stereocenters. The molecule has 1 aromatic carbocycles. The highest BCUT2D eigenvalue weighted by Crippen LogP contribution is 2.15. The summed E-state index contributed by atoms with van der Waals surface area (Å²) in [6.45, 7) is 2.88. The Kier molecular flexibility index (Phi) is 3.98. The predicted octanol–water partition coefficient (Wildman–Crippen LogP) is 1.61. The number of hydrogen-bond acceptors (Lipinski definition) is 2. The molecule has 0 radical (unpaired) electrons. The van der Waals surface area contributed by atoms with Crippen molar-refractivity contribution in [2.24, 2.45) is 0 Å². The van der Waals surface area contributed by atoms with E-state index in [4.69, 9.17) is 0 Å². The van der Waals surface area contributed by atoms with Gasteiger partial charge in [-0.25, -0.2) is 8.78 Å². The summed E-state index contributed by atoms with van der Waals surface area (Å²) in [5.41, 5.74) is 0.253. The Morgan fingerprint density at radius 1 is 1.29 bits per heavy atom. The van der Waals surface area contributed by atoms with Gasteiger partial charge in [0.05, 0.1) is 6.10 Å². The van der Waals surface area contributed by atoms with Gasteiger partial charge in [0.2, 0.25) is 0 Å². The Morgan fingerprint density at radius 3 is 2.36 bits per heavy atom. The molecule has 2 N–H and O–H groups in total. The van der Waals surface area contributed by atoms with Gasteiger partial charge in [-0.2, -0.15) is 0 Å². The molecule has 0 aliphatic carbocycles. The van der Waals surface area contributed by atoms with E-state index in [1.54, 1.807) is 0 Å². The van der Waals surface area contributed by atoms with Crippen LogP contribution in [0.3, 0.4) is 0 Å². The van der Waals surface area contributed by atoms with Crippen molar-refractivity contribution >= 4 is 0 Å². The van der Waals surface area contributed by atoms with Gasteiger partial charge in [0.25, 0.3) is 0 Å². The van der Waals surface area contributed by atoms with Crippen LogP contribution < -0.4 is 5.32 Å². The van der Waals surface area contributed by atoms with Crippen LogP contribution in [-0.4, -0.2) is 18.2 Å². The van der Waals surface area contributed by atoms with Gasteiger partial charge in [-0.15, -0.1) is 0 Å². The van der Waals surface area contributed by atoms with Crippen molar-refractivity contribution in [1.29, 1.82) is 0 Å². The van der Waals surface area contributed by atoms with Gasteiger partial charge in [-0.05, 0) is 24.2 Å². The molecule has 1 rings (SSSR count). The van der Waals surface area contributed by atoms with Gasteiger partial charge >= 0.3 is 0 Å². The molecule has 1 aromatic rings. The number of rotatable bonds is 4. The van der Waals surface area contributed by atoms with E-state index in [-0.39, 0.29) is 5.56 Å². The molecule has 0 aliphatic rings. The van der Waals surface area contributed by atoms with Crippen LogP contribution in [-0.2, 0) is 0 Å². The Hall–Kier alpha value is -1.00. The molecule has 0 aromatic heterocycles. The fourth-order valence-electron chi connectivity index (χ4n) is 1.17. The Labute approximate surface area is 81.6 Å². The maximum absolute atomic E-state index is 12.7. The van der Waals surface area contributed by atoms with E-state index in [0.29, 0.717) is 13.1 Å². The highest BCUT2D eigenvalue weighted by atomic mass is 19.1. The number of aliphatic hydroxyl groups is 1. The summed E-state index contributed by atoms with van der Waals surface area (Å²) in [5, 5.41) is 12.4. The molecule has 0 spiro atoms. The maximum Gasteiger partial charge on any atom is 0.126 e. The summed E-state index contributed by atoms with van der Waals surface area (Å²) in [6, 6.07) is 3.04. The Bertz CT molecular complexity index is 284. The molecule has 0 saturated heterocycles. The summed E-state index contributed by atoms with van der Waals surface area (Å²) in [7, 11) is 0. The number of hydrogen-bond donors (Lipinski definition) is 2. The van der Waals surface area contributed by atoms with E-state index in [1.165, 1.54) is 0 Å². The maximum atomic E-state index is 12.7. The first-order chi connectivity index (χ1) is 6.63. The molecular weight excluding hydrogens is 188 g/mol. The van der Waals surface area contributed by atoms with Crippen molar-refractivity contribution < 1.29 is 13.9 Å². The molecule has 14 heavy (non-hydrogen) atoms. The lowest BCUT2D eigenvalue weighted by Gasteiger charge is -2.11. The van der Waals surface area contributed by atoms with E-state index in [9.17, 15) is 13.9 Å². The molecule has 2 nitrogen and oxygen atoms in total. The summed E-state index contributed by atoms with van der Waals surface area (Å²) in [4.78, 5) is 0. The number of likely N-dealkylation sites (N-methyl/N-ethyl adjacent to an activating group) is 1. The minimum atomic E-state index is -0.875. The number of nitrogens with one attached hydrogen (secondary N) is 1. The third kappa shape index (κ3) is 3.05. The first kappa shape index (κ1) is 11.1. The van der Waals surface area contributed by atoms with Crippen LogP contribution in [0.2, 0.25) is 0 Å². The van der Waals surface area contributed by atoms with Crippen LogP contribution in [0.4, 0.5) is 8.78 Å². The van der Waals surface area contributed by atoms with Gasteiger partial charge in [0.1, 0.15) is 11.6 Å². The zero-order valence-corrected chi connectivity index (χ0v) is 7.93. The van der Waals surface area contributed by atoms with E-state index >= 15 is 0 Å². The highest BCUT2D eigenvalue weighted by Gasteiger charge is 2.09. The van der Waals surface area contributed by atoms with Crippen LogP contribution in [0.15, 0.2) is 18.2 Å². The largest absolute Gasteiger partial charge is 0.387 e. The molecule has 1 atom stereocenters. The Morgan fingerprint density at radius 2 is 1.86 bits per heavy atom. The van der Waals surface area contributed by atoms with Crippen LogP contribution >= 0.6 is 0 Å². The average Bonchev–Trinajstić information content (AvgIpc) is 2.12. The van der Waals surface area contributed by atoms with E-state index in [1.807, 2.05) is 6.92 Å². The second-order valence-corrected chi connectivity index (χ2v) is 3.03. The van der Waals surface area contributed by atoms with Gasteiger partial charge < -0.3 is 10.4 Å². The van der Waals surface area contributed by atoms with Crippen molar-refractivity contribution in [3.63, 3.8) is 0 Å². The average molecular weight is 201 g/mol. The minimum Gasteiger partial charge on any atom is -0.387 e. The van der Waals surface area contributed by atoms with Gasteiger partial charge in [-0.1, -0.05) is 6.92 Å². The molecular formula is C10H13F2NO. The zero-order valence-electron chi connectivity index (χ0n) is 7.93. The molecule has 0 aliphatic heterocycles. The number of benzene rings is 1. The van der Waals surface area contributed by atoms with Gasteiger partial charge in [0, 0.05) is 12.6 Å². The SMILES string of the molecule is CCNCC(O)c1cc(F)cc(F)c1. The monoisotopic (exact) mass is 201 g/mol. The fraction of sp³-hybridized carbons (Fsp3) is 0.400. The first-order valence-corrected chi connectivity index (χ1v) is 4.48. The smallest absolute Gasteiger partial charge is 0.126 e. The molecule has 0 saturated carbocycles. The van der Waals surface area contributed by atoms with Gasteiger partial charge in [-0.3, -0.25) is 0 Å². The normalized spacial score (nSPS) is 12.9. The minimum absolute atomic E-state index is 0.253. The molecule has 4 heteroatoms. The molecule has 0 bridgehead atoms. The lowest BCUT2D eigenvalue weighted by Crippen LogP contribution is -2.21. The molecule has 0 amide bonds. The molecule has 78 valence electrons. The van der Waals surface area contributed by atoms with Crippen molar-refractivity contribution in [1.82, 2.24) is 5.32 Å². The predicted molar refractivity (Wildman–Crippen MR) is 49.9 cm³/mol. The van der Waals surface area contributed by atoms with E-state index < -0.39 is 17.7 Å². The Balaban J connectivity index is 2.73. The summed E-state index contributed by atoms with van der Waals surface area (Å²) < 4.78 is 25.5. The second kappa shape index (κ2) is 5.02. The number of halogens is 2. The molecule has 0 heterocycles. The summed E-state index contributed by atoms with van der Waals surface area (Å²) in [6.07, 6.45) is -0.875. The fourth-order valence-corrected chi connectivity index (χ4v) is 1.17. The lowest BCUT2D eigenvalue weighted by atomic mass is 10.1. The van der Waals surface area contributed by atoms with Crippen LogP contribution in [0, 0.1) is 11.6 Å². The van der Waals surface area contributed by atoms with Gasteiger partial charge in [0.15, 0.2) is 0 Å². The van der Waals surface area contributed by atoms with E-state index in [0.717, 1.165) is 18.2 Å². The summed E-state index contributed by atoms with van der Waals surface area (Å²) in [5.74, 6) is -1.34. The third-order valence-electron chi connectivity index (χ3n) is 1.86.